The van der Waals surface area contributed by atoms with E-state index in [1.54, 1.807) is 0 Å². The predicted octanol–water partition coefficient (Wildman–Crippen LogP) is 4.33. The first-order valence-corrected chi connectivity index (χ1v) is 9.07. The minimum Gasteiger partial charge on any atom is -0.381 e. The maximum Gasteiger partial charge on any atom is 0.0648 e. The second-order valence-corrected chi connectivity index (χ2v) is 7.91. The van der Waals surface area contributed by atoms with Crippen LogP contribution in [0.3, 0.4) is 0 Å². The number of methoxy groups -OCH3 is 1. The van der Waals surface area contributed by atoms with Crippen molar-refractivity contribution in [3.8, 4) is 0 Å². The highest BCUT2D eigenvalue weighted by molar-refractivity contribution is 6.30. The Hall–Kier alpha value is -0.570. The van der Waals surface area contributed by atoms with E-state index in [4.69, 9.17) is 16.3 Å². The highest BCUT2D eigenvalue weighted by atomic mass is 35.5. The summed E-state index contributed by atoms with van der Waals surface area (Å²) in [6, 6.07) is 10.0. The van der Waals surface area contributed by atoms with Crippen molar-refractivity contribution >= 4 is 11.6 Å². The molecular weight excluding hydrogens is 294 g/mol. The van der Waals surface area contributed by atoms with Crippen LogP contribution in [-0.2, 0) is 4.74 Å². The molecule has 2 bridgehead atoms. The van der Waals surface area contributed by atoms with Crippen LogP contribution in [0.4, 0.5) is 0 Å². The van der Waals surface area contributed by atoms with E-state index in [0.29, 0.717) is 24.0 Å². The van der Waals surface area contributed by atoms with Crippen LogP contribution in [-0.4, -0.2) is 37.2 Å². The monoisotopic (exact) mass is 319 g/mol. The van der Waals surface area contributed by atoms with Crippen LogP contribution >= 0.6 is 11.6 Å². The Balaban J connectivity index is 1.69. The predicted molar refractivity (Wildman–Crippen MR) is 90.4 cm³/mol. The fraction of sp³-hybridized carbons (Fsp3) is 0.684. The van der Waals surface area contributed by atoms with E-state index >= 15 is 0 Å². The molecule has 0 amide bonds. The summed E-state index contributed by atoms with van der Waals surface area (Å²) in [7, 11) is 4.25. The number of halogens is 1. The lowest BCUT2D eigenvalue weighted by Gasteiger charge is -2.46. The van der Waals surface area contributed by atoms with Crippen LogP contribution in [0.1, 0.15) is 43.6 Å². The number of rotatable bonds is 4. The zero-order valence-electron chi connectivity index (χ0n) is 13.5. The van der Waals surface area contributed by atoms with Crippen LogP contribution in [0.2, 0.25) is 5.02 Å². The Bertz CT molecular complexity index is 525. The molecule has 0 spiro atoms. The molecule has 3 heteroatoms. The summed E-state index contributed by atoms with van der Waals surface area (Å²) in [6.07, 6.45) is 7.08. The van der Waals surface area contributed by atoms with Crippen molar-refractivity contribution in [1.29, 1.82) is 0 Å². The number of ether oxygens (including phenoxy) is 1. The third kappa shape index (κ3) is 2.50. The van der Waals surface area contributed by atoms with Gasteiger partial charge in [0.15, 0.2) is 0 Å². The largest absolute Gasteiger partial charge is 0.381 e. The molecule has 1 aliphatic carbocycles. The van der Waals surface area contributed by atoms with Crippen molar-refractivity contribution in [1.82, 2.24) is 4.90 Å². The molecule has 0 N–H and O–H groups in total. The number of nitrogens with zero attached hydrogens (tertiary/aromatic N) is 1. The van der Waals surface area contributed by atoms with Crippen molar-refractivity contribution in [2.75, 3.05) is 14.2 Å². The second kappa shape index (κ2) is 5.81. The Morgan fingerprint density at radius 1 is 1.14 bits per heavy atom. The van der Waals surface area contributed by atoms with Gasteiger partial charge in [-0.3, -0.25) is 0 Å². The molecule has 2 heterocycles. The van der Waals surface area contributed by atoms with Gasteiger partial charge in [-0.1, -0.05) is 23.7 Å². The zero-order chi connectivity index (χ0) is 15.3. The summed E-state index contributed by atoms with van der Waals surface area (Å²) >= 11 is 6.10. The van der Waals surface area contributed by atoms with Gasteiger partial charge in [-0.2, -0.15) is 0 Å². The molecule has 1 aromatic rings. The molecule has 1 saturated carbocycles. The first-order chi connectivity index (χ1) is 10.7. The maximum atomic E-state index is 6.10. The highest BCUT2D eigenvalue weighted by Crippen LogP contribution is 2.52. The van der Waals surface area contributed by atoms with Gasteiger partial charge in [0.2, 0.25) is 0 Å². The normalized spacial score (nSPS) is 36.5. The number of hydrogen-bond donors (Lipinski definition) is 0. The van der Waals surface area contributed by atoms with Crippen LogP contribution in [0.25, 0.3) is 0 Å². The lowest BCUT2D eigenvalue weighted by Crippen LogP contribution is -2.51. The SMILES string of the molecule is COC(C1CC1)C1C(c2ccc(Cl)cc2)CC2CCC1N2C. The summed E-state index contributed by atoms with van der Waals surface area (Å²) in [4.78, 5) is 2.64. The van der Waals surface area contributed by atoms with Crippen LogP contribution < -0.4 is 0 Å². The maximum absolute atomic E-state index is 6.10. The first kappa shape index (κ1) is 15.0. The van der Waals surface area contributed by atoms with Gasteiger partial charge in [-0.25, -0.2) is 0 Å². The smallest absolute Gasteiger partial charge is 0.0648 e. The molecule has 3 fully saturated rings. The summed E-state index contributed by atoms with van der Waals surface area (Å²) in [5, 5.41) is 0.835. The van der Waals surface area contributed by atoms with Gasteiger partial charge in [-0.05, 0) is 68.7 Å². The second-order valence-electron chi connectivity index (χ2n) is 7.47. The summed E-state index contributed by atoms with van der Waals surface area (Å²) < 4.78 is 6.04. The van der Waals surface area contributed by atoms with Crippen molar-refractivity contribution in [3.63, 3.8) is 0 Å². The lowest BCUT2D eigenvalue weighted by atomic mass is 9.72. The molecule has 22 heavy (non-hydrogen) atoms. The number of benzene rings is 1. The van der Waals surface area contributed by atoms with E-state index in [1.807, 2.05) is 19.2 Å². The van der Waals surface area contributed by atoms with Crippen molar-refractivity contribution in [3.05, 3.63) is 34.9 Å². The Morgan fingerprint density at radius 2 is 1.86 bits per heavy atom. The number of piperidine rings is 1. The molecule has 2 nitrogen and oxygen atoms in total. The highest BCUT2D eigenvalue weighted by Gasteiger charge is 2.51. The average Bonchev–Trinajstić information content (AvgIpc) is 3.31. The van der Waals surface area contributed by atoms with Gasteiger partial charge in [0, 0.05) is 30.1 Å². The molecule has 0 aromatic heterocycles. The van der Waals surface area contributed by atoms with Gasteiger partial charge >= 0.3 is 0 Å². The summed E-state index contributed by atoms with van der Waals surface area (Å²) in [6.45, 7) is 0. The van der Waals surface area contributed by atoms with Crippen molar-refractivity contribution in [2.45, 2.75) is 56.2 Å². The molecule has 2 aliphatic heterocycles. The van der Waals surface area contributed by atoms with Gasteiger partial charge in [0.25, 0.3) is 0 Å². The molecule has 120 valence electrons. The fourth-order valence-electron chi connectivity index (χ4n) is 5.11. The van der Waals surface area contributed by atoms with E-state index in [-0.39, 0.29) is 0 Å². The van der Waals surface area contributed by atoms with Gasteiger partial charge in [0.05, 0.1) is 6.10 Å². The van der Waals surface area contributed by atoms with E-state index in [0.717, 1.165) is 17.0 Å². The van der Waals surface area contributed by atoms with Gasteiger partial charge in [0.1, 0.15) is 0 Å². The summed E-state index contributed by atoms with van der Waals surface area (Å²) in [5.41, 5.74) is 1.46. The van der Waals surface area contributed by atoms with E-state index in [9.17, 15) is 0 Å². The third-order valence-corrected chi connectivity index (χ3v) is 6.62. The minimum absolute atomic E-state index is 0.423. The number of hydrogen-bond acceptors (Lipinski definition) is 2. The van der Waals surface area contributed by atoms with Crippen LogP contribution in [0.15, 0.2) is 24.3 Å². The first-order valence-electron chi connectivity index (χ1n) is 8.69. The topological polar surface area (TPSA) is 12.5 Å². The Labute approximate surface area is 138 Å². The summed E-state index contributed by atoms with van der Waals surface area (Å²) in [5.74, 6) is 2.04. The molecule has 0 radical (unpaired) electrons. The molecule has 2 saturated heterocycles. The fourth-order valence-corrected chi connectivity index (χ4v) is 5.24. The molecule has 3 aliphatic rings. The molecule has 5 unspecified atom stereocenters. The van der Waals surface area contributed by atoms with Gasteiger partial charge < -0.3 is 9.64 Å². The average molecular weight is 320 g/mol. The Kier molecular flexibility index (Phi) is 3.96. The molecule has 5 atom stereocenters. The molecule has 4 rings (SSSR count). The Morgan fingerprint density at radius 3 is 2.50 bits per heavy atom. The van der Waals surface area contributed by atoms with E-state index in [2.05, 4.69) is 24.1 Å². The zero-order valence-corrected chi connectivity index (χ0v) is 14.3. The van der Waals surface area contributed by atoms with Gasteiger partial charge in [-0.15, -0.1) is 0 Å². The molecular formula is C19H26ClNO. The lowest BCUT2D eigenvalue weighted by molar-refractivity contribution is -0.0320. The quantitative estimate of drug-likeness (QED) is 0.819. The minimum atomic E-state index is 0.423. The number of fused-ring (bicyclic) bond motifs is 2. The van der Waals surface area contributed by atoms with Crippen molar-refractivity contribution < 1.29 is 4.74 Å². The van der Waals surface area contributed by atoms with Crippen LogP contribution in [0.5, 0.6) is 0 Å². The van der Waals surface area contributed by atoms with Crippen molar-refractivity contribution in [2.24, 2.45) is 11.8 Å². The third-order valence-electron chi connectivity index (χ3n) is 6.37. The van der Waals surface area contributed by atoms with Crippen LogP contribution in [0, 0.1) is 11.8 Å². The standard InChI is InChI=1S/C19H26ClNO/c1-21-15-9-10-17(21)18(19(22-2)13-3-4-13)16(11-15)12-5-7-14(20)8-6-12/h5-8,13,15-19H,3-4,9-11H2,1-2H3. The molecule has 1 aromatic carbocycles. The van der Waals surface area contributed by atoms with E-state index in [1.165, 1.54) is 37.7 Å². The van der Waals surface area contributed by atoms with E-state index < -0.39 is 0 Å².